The maximum atomic E-state index is 13.1. The molecule has 0 amide bonds. The van der Waals surface area contributed by atoms with Crippen molar-refractivity contribution in [2.24, 2.45) is 0 Å². The molecule has 0 unspecified atom stereocenters. The minimum Gasteiger partial charge on any atom is -0.462 e. The van der Waals surface area contributed by atoms with Crippen molar-refractivity contribution >= 4 is 11.9 Å². The Labute approximate surface area is 150 Å². The second-order valence-electron chi connectivity index (χ2n) is 5.74. The van der Waals surface area contributed by atoms with Crippen molar-refractivity contribution in [2.45, 2.75) is 32.8 Å². The summed E-state index contributed by atoms with van der Waals surface area (Å²) in [5, 5.41) is 0. The van der Waals surface area contributed by atoms with Gasteiger partial charge in [-0.25, -0.2) is 18.4 Å². The normalized spacial score (nSPS) is 10.4. The Morgan fingerprint density at radius 1 is 0.846 bits per heavy atom. The molecule has 2 aromatic rings. The molecule has 2 rings (SSSR count). The third-order valence-electron chi connectivity index (χ3n) is 3.69. The number of benzene rings is 2. The third kappa shape index (κ3) is 5.65. The van der Waals surface area contributed by atoms with E-state index in [0.717, 1.165) is 31.4 Å². The molecule has 0 spiro atoms. The van der Waals surface area contributed by atoms with Crippen LogP contribution >= 0.6 is 0 Å². The van der Waals surface area contributed by atoms with Crippen LogP contribution in [-0.4, -0.2) is 18.5 Å². The van der Waals surface area contributed by atoms with Crippen molar-refractivity contribution in [3.8, 4) is 0 Å². The van der Waals surface area contributed by atoms with Crippen LogP contribution in [-0.2, 0) is 16.1 Å². The minimum absolute atomic E-state index is 0.183. The van der Waals surface area contributed by atoms with Crippen molar-refractivity contribution in [3.63, 3.8) is 0 Å². The lowest BCUT2D eigenvalue weighted by Gasteiger charge is -2.07. The largest absolute Gasteiger partial charge is 0.462 e. The first-order chi connectivity index (χ1) is 12.5. The molecular weight excluding hydrogens is 342 g/mol. The maximum Gasteiger partial charge on any atom is 0.338 e. The van der Waals surface area contributed by atoms with Crippen molar-refractivity contribution in [2.75, 3.05) is 6.61 Å². The molecule has 0 saturated carbocycles. The van der Waals surface area contributed by atoms with E-state index in [1.807, 2.05) is 0 Å². The van der Waals surface area contributed by atoms with Gasteiger partial charge in [-0.2, -0.15) is 0 Å². The minimum atomic E-state index is -1.000. The number of hydrogen-bond donors (Lipinski definition) is 0. The van der Waals surface area contributed by atoms with Gasteiger partial charge in [0.2, 0.25) is 0 Å². The molecule has 0 aliphatic carbocycles. The fourth-order valence-corrected chi connectivity index (χ4v) is 2.20. The number of rotatable bonds is 8. The molecule has 0 saturated heterocycles. The van der Waals surface area contributed by atoms with Crippen LogP contribution in [0.1, 0.15) is 52.5 Å². The van der Waals surface area contributed by atoms with Gasteiger partial charge in [-0.05, 0) is 48.4 Å². The average Bonchev–Trinajstić information content (AvgIpc) is 2.66. The van der Waals surface area contributed by atoms with Crippen molar-refractivity contribution in [1.29, 1.82) is 0 Å². The van der Waals surface area contributed by atoms with E-state index < -0.39 is 23.6 Å². The molecule has 26 heavy (non-hydrogen) atoms. The van der Waals surface area contributed by atoms with Crippen LogP contribution in [0.15, 0.2) is 42.5 Å². The number of unbranched alkanes of at least 4 members (excludes halogenated alkanes) is 2. The van der Waals surface area contributed by atoms with Crippen LogP contribution in [0.25, 0.3) is 0 Å². The van der Waals surface area contributed by atoms with Gasteiger partial charge in [0.1, 0.15) is 6.61 Å². The molecule has 0 heterocycles. The monoisotopic (exact) mass is 362 g/mol. The molecule has 0 N–H and O–H groups in total. The average molecular weight is 362 g/mol. The first-order valence-electron chi connectivity index (χ1n) is 8.39. The molecule has 138 valence electrons. The third-order valence-corrected chi connectivity index (χ3v) is 3.69. The summed E-state index contributed by atoms with van der Waals surface area (Å²) < 4.78 is 36.2. The Hall–Kier alpha value is -2.76. The van der Waals surface area contributed by atoms with Gasteiger partial charge in [-0.3, -0.25) is 0 Å². The fourth-order valence-electron chi connectivity index (χ4n) is 2.20. The van der Waals surface area contributed by atoms with E-state index in [1.165, 1.54) is 30.3 Å². The summed E-state index contributed by atoms with van der Waals surface area (Å²) in [6.45, 7) is 2.24. The molecule has 0 aliphatic heterocycles. The van der Waals surface area contributed by atoms with E-state index in [2.05, 4.69) is 6.92 Å². The van der Waals surface area contributed by atoms with Gasteiger partial charge in [0.15, 0.2) is 11.6 Å². The van der Waals surface area contributed by atoms with Gasteiger partial charge in [-0.1, -0.05) is 25.8 Å². The Morgan fingerprint density at radius 2 is 1.46 bits per heavy atom. The molecule has 0 radical (unpaired) electrons. The smallest absolute Gasteiger partial charge is 0.338 e. The number of carbonyl (C=O) groups excluding carboxylic acids is 2. The van der Waals surface area contributed by atoms with E-state index in [1.54, 1.807) is 0 Å². The van der Waals surface area contributed by atoms with Gasteiger partial charge in [0.25, 0.3) is 0 Å². The first-order valence-corrected chi connectivity index (χ1v) is 8.39. The second kappa shape index (κ2) is 9.65. The predicted molar refractivity (Wildman–Crippen MR) is 91.7 cm³/mol. The molecule has 2 aromatic carbocycles. The first kappa shape index (κ1) is 19.6. The van der Waals surface area contributed by atoms with E-state index in [0.29, 0.717) is 17.7 Å². The van der Waals surface area contributed by atoms with Crippen molar-refractivity contribution in [1.82, 2.24) is 0 Å². The van der Waals surface area contributed by atoms with Gasteiger partial charge in [-0.15, -0.1) is 0 Å². The molecular formula is C20H20F2O4. The lowest BCUT2D eigenvalue weighted by atomic mass is 10.1. The van der Waals surface area contributed by atoms with Gasteiger partial charge >= 0.3 is 11.9 Å². The van der Waals surface area contributed by atoms with Crippen molar-refractivity contribution < 1.29 is 27.8 Å². The standard InChI is InChI=1S/C20H20F2O4/c1-2-3-4-11-25-19(23)15-6-8-16(9-7-15)20(24)26-13-14-5-10-17(21)18(22)12-14/h5-10,12H,2-4,11,13H2,1H3. The number of carbonyl (C=O) groups is 2. The summed E-state index contributed by atoms with van der Waals surface area (Å²) in [5.74, 6) is -3.03. The van der Waals surface area contributed by atoms with E-state index >= 15 is 0 Å². The van der Waals surface area contributed by atoms with Gasteiger partial charge < -0.3 is 9.47 Å². The van der Waals surface area contributed by atoms with E-state index in [9.17, 15) is 18.4 Å². The Bertz CT molecular complexity index is 757. The molecule has 4 nitrogen and oxygen atoms in total. The summed E-state index contributed by atoms with van der Waals surface area (Å²) in [5.41, 5.74) is 0.929. The lowest BCUT2D eigenvalue weighted by Crippen LogP contribution is -2.08. The van der Waals surface area contributed by atoms with E-state index in [-0.39, 0.29) is 12.2 Å². The van der Waals surface area contributed by atoms with Crippen LogP contribution in [0.2, 0.25) is 0 Å². The summed E-state index contributed by atoms with van der Waals surface area (Å²) in [7, 11) is 0. The molecule has 0 bridgehead atoms. The van der Waals surface area contributed by atoms with Crippen molar-refractivity contribution in [3.05, 3.63) is 70.8 Å². The molecule has 6 heteroatoms. The quantitative estimate of drug-likeness (QED) is 0.506. The molecule has 0 fully saturated rings. The highest BCUT2D eigenvalue weighted by Crippen LogP contribution is 2.12. The van der Waals surface area contributed by atoms with Gasteiger partial charge in [0.05, 0.1) is 17.7 Å². The highest BCUT2D eigenvalue weighted by molar-refractivity contribution is 5.93. The molecule has 0 aromatic heterocycles. The van der Waals surface area contributed by atoms with Crippen LogP contribution < -0.4 is 0 Å². The zero-order valence-electron chi connectivity index (χ0n) is 14.5. The number of esters is 2. The number of ether oxygens (including phenoxy) is 2. The summed E-state index contributed by atoms with van der Waals surface area (Å²) in [6, 6.07) is 9.15. The summed E-state index contributed by atoms with van der Waals surface area (Å²) in [4.78, 5) is 23.8. The van der Waals surface area contributed by atoms with E-state index in [4.69, 9.17) is 9.47 Å². The molecule has 0 aliphatic rings. The molecule has 0 atom stereocenters. The SMILES string of the molecule is CCCCCOC(=O)c1ccc(C(=O)OCc2ccc(F)c(F)c2)cc1. The van der Waals surface area contributed by atoms with Crippen LogP contribution in [0.4, 0.5) is 8.78 Å². The van der Waals surface area contributed by atoms with Crippen LogP contribution in [0, 0.1) is 11.6 Å². The number of hydrogen-bond acceptors (Lipinski definition) is 4. The second-order valence-corrected chi connectivity index (χ2v) is 5.74. The number of halogens is 2. The Morgan fingerprint density at radius 3 is 2.04 bits per heavy atom. The van der Waals surface area contributed by atoms with Crippen LogP contribution in [0.5, 0.6) is 0 Å². The van der Waals surface area contributed by atoms with Gasteiger partial charge in [0, 0.05) is 0 Å². The van der Waals surface area contributed by atoms with Crippen LogP contribution in [0.3, 0.4) is 0 Å². The summed E-state index contributed by atoms with van der Waals surface area (Å²) in [6.07, 6.45) is 2.85. The Kier molecular flexibility index (Phi) is 7.26. The fraction of sp³-hybridized carbons (Fsp3) is 0.300. The maximum absolute atomic E-state index is 13.1. The predicted octanol–water partition coefficient (Wildman–Crippen LogP) is 4.67. The zero-order chi connectivity index (χ0) is 18.9. The highest BCUT2D eigenvalue weighted by atomic mass is 19.2. The topological polar surface area (TPSA) is 52.6 Å². The zero-order valence-corrected chi connectivity index (χ0v) is 14.5. The Balaban J connectivity index is 1.87. The lowest BCUT2D eigenvalue weighted by molar-refractivity contribution is 0.0466. The summed E-state index contributed by atoms with van der Waals surface area (Å²) >= 11 is 0. The highest BCUT2D eigenvalue weighted by Gasteiger charge is 2.12.